The van der Waals surface area contributed by atoms with E-state index in [1.54, 1.807) is 25.1 Å². The fraction of sp³-hybridized carbons (Fsp3) is 0.250. The maximum absolute atomic E-state index is 11.8. The van der Waals surface area contributed by atoms with Crippen molar-refractivity contribution in [3.05, 3.63) is 34.9 Å². The van der Waals surface area contributed by atoms with Crippen LogP contribution in [-0.2, 0) is 6.42 Å². The molecule has 1 aromatic rings. The summed E-state index contributed by atoms with van der Waals surface area (Å²) in [5.74, 6) is -0.0808. The number of Topliss-reactive ketones (excluding diaryl/α,β-unsaturated/α-hetero) is 1. The Labute approximate surface area is 102 Å². The number of nitrogens with zero attached hydrogens (tertiary/aromatic N) is 1. The van der Waals surface area contributed by atoms with Crippen LogP contribution >= 0.6 is 15.9 Å². The molecule has 82 valence electrons. The third kappa shape index (κ3) is 2.77. The smallest absolute Gasteiger partial charge is 0.176 e. The van der Waals surface area contributed by atoms with Gasteiger partial charge in [0.1, 0.15) is 6.29 Å². The van der Waals surface area contributed by atoms with Crippen molar-refractivity contribution in [3.63, 3.8) is 0 Å². The molecule has 0 amide bonds. The van der Waals surface area contributed by atoms with E-state index in [0.29, 0.717) is 23.0 Å². The minimum Gasteiger partial charge on any atom is -0.298 e. The molecule has 0 aliphatic carbocycles. The standard InChI is InChI=1S/C12H10BrNO2/c1-8(13)12(16)11-3-2-9(7-15)6-10(11)4-5-14/h2-3,6-8H,4H2,1H3. The molecule has 1 atom stereocenters. The second-order valence-electron chi connectivity index (χ2n) is 3.35. The third-order valence-electron chi connectivity index (χ3n) is 2.16. The molecule has 0 aromatic heterocycles. The maximum atomic E-state index is 11.8. The number of ketones is 1. The average Bonchev–Trinajstić information content (AvgIpc) is 2.28. The van der Waals surface area contributed by atoms with Crippen molar-refractivity contribution in [3.8, 4) is 6.07 Å². The van der Waals surface area contributed by atoms with Gasteiger partial charge in [-0.25, -0.2) is 0 Å². The van der Waals surface area contributed by atoms with Gasteiger partial charge in [-0.3, -0.25) is 9.59 Å². The predicted molar refractivity (Wildman–Crippen MR) is 63.9 cm³/mol. The number of hydrogen-bond donors (Lipinski definition) is 0. The minimum atomic E-state index is -0.299. The molecule has 0 bridgehead atoms. The number of halogens is 1. The number of nitriles is 1. The number of aldehydes is 1. The van der Waals surface area contributed by atoms with Gasteiger partial charge in [0.2, 0.25) is 0 Å². The van der Waals surface area contributed by atoms with Gasteiger partial charge in [0.25, 0.3) is 0 Å². The van der Waals surface area contributed by atoms with Crippen LogP contribution in [0.15, 0.2) is 18.2 Å². The zero-order valence-electron chi connectivity index (χ0n) is 8.74. The van der Waals surface area contributed by atoms with E-state index in [2.05, 4.69) is 15.9 Å². The summed E-state index contributed by atoms with van der Waals surface area (Å²) in [6.45, 7) is 1.73. The highest BCUT2D eigenvalue weighted by Gasteiger charge is 2.16. The fourth-order valence-corrected chi connectivity index (χ4v) is 1.62. The first-order valence-electron chi connectivity index (χ1n) is 4.73. The van der Waals surface area contributed by atoms with Crippen LogP contribution in [0.3, 0.4) is 0 Å². The summed E-state index contributed by atoms with van der Waals surface area (Å²) in [4.78, 5) is 22.1. The highest BCUT2D eigenvalue weighted by molar-refractivity contribution is 9.10. The lowest BCUT2D eigenvalue weighted by atomic mass is 9.98. The number of alkyl halides is 1. The summed E-state index contributed by atoms with van der Waals surface area (Å²) >= 11 is 3.20. The first-order valence-corrected chi connectivity index (χ1v) is 5.65. The highest BCUT2D eigenvalue weighted by Crippen LogP contribution is 2.17. The van der Waals surface area contributed by atoms with Crippen LogP contribution in [0.2, 0.25) is 0 Å². The Morgan fingerprint density at radius 1 is 1.62 bits per heavy atom. The lowest BCUT2D eigenvalue weighted by Gasteiger charge is -2.08. The summed E-state index contributed by atoms with van der Waals surface area (Å²) in [5.41, 5.74) is 1.57. The van der Waals surface area contributed by atoms with Crippen LogP contribution < -0.4 is 0 Å². The van der Waals surface area contributed by atoms with Crippen LogP contribution in [0.4, 0.5) is 0 Å². The van der Waals surface area contributed by atoms with E-state index < -0.39 is 0 Å². The molecule has 1 aromatic carbocycles. The van der Waals surface area contributed by atoms with Gasteiger partial charge in [-0.2, -0.15) is 5.26 Å². The molecule has 0 N–H and O–H groups in total. The van der Waals surface area contributed by atoms with Crippen molar-refractivity contribution in [2.75, 3.05) is 0 Å². The Morgan fingerprint density at radius 3 is 2.81 bits per heavy atom. The molecule has 1 unspecified atom stereocenters. The first kappa shape index (κ1) is 12.6. The first-order chi connectivity index (χ1) is 7.60. The monoisotopic (exact) mass is 279 g/mol. The molecule has 1 rings (SSSR count). The molecule has 16 heavy (non-hydrogen) atoms. The second kappa shape index (κ2) is 5.57. The number of hydrogen-bond acceptors (Lipinski definition) is 3. The molecule has 0 spiro atoms. The molecular weight excluding hydrogens is 270 g/mol. The summed E-state index contributed by atoms with van der Waals surface area (Å²) in [6.07, 6.45) is 0.829. The van der Waals surface area contributed by atoms with E-state index in [0.717, 1.165) is 0 Å². The minimum absolute atomic E-state index is 0.0808. The molecule has 0 fully saturated rings. The van der Waals surface area contributed by atoms with Crippen LogP contribution in [0, 0.1) is 11.3 Å². The number of rotatable bonds is 4. The van der Waals surface area contributed by atoms with Crippen molar-refractivity contribution < 1.29 is 9.59 Å². The zero-order valence-corrected chi connectivity index (χ0v) is 10.3. The lowest BCUT2D eigenvalue weighted by Crippen LogP contribution is -2.12. The van der Waals surface area contributed by atoms with Crippen molar-refractivity contribution >= 4 is 28.0 Å². The maximum Gasteiger partial charge on any atom is 0.176 e. The van der Waals surface area contributed by atoms with Gasteiger partial charge in [0.05, 0.1) is 17.3 Å². The Hall–Kier alpha value is -1.47. The number of carbonyl (C=O) groups is 2. The average molecular weight is 280 g/mol. The SMILES string of the molecule is CC(Br)C(=O)c1ccc(C=O)cc1CC#N. The largest absolute Gasteiger partial charge is 0.298 e. The Balaban J connectivity index is 3.23. The fourth-order valence-electron chi connectivity index (χ4n) is 1.37. The van der Waals surface area contributed by atoms with Gasteiger partial charge in [0.15, 0.2) is 5.78 Å². The lowest BCUT2D eigenvalue weighted by molar-refractivity contribution is 0.0994. The van der Waals surface area contributed by atoms with Crippen LogP contribution in [0.5, 0.6) is 0 Å². The Kier molecular flexibility index (Phi) is 4.39. The second-order valence-corrected chi connectivity index (χ2v) is 4.72. The van der Waals surface area contributed by atoms with Gasteiger partial charge in [0, 0.05) is 11.1 Å². The van der Waals surface area contributed by atoms with Gasteiger partial charge in [-0.15, -0.1) is 0 Å². The molecule has 0 radical (unpaired) electrons. The van der Waals surface area contributed by atoms with Crippen molar-refractivity contribution in [1.29, 1.82) is 5.26 Å². The van der Waals surface area contributed by atoms with Crippen LogP contribution in [0.25, 0.3) is 0 Å². The summed E-state index contributed by atoms with van der Waals surface area (Å²) in [7, 11) is 0. The summed E-state index contributed by atoms with van der Waals surface area (Å²) < 4.78 is 0. The zero-order chi connectivity index (χ0) is 12.1. The molecule has 0 heterocycles. The van der Waals surface area contributed by atoms with E-state index in [1.807, 2.05) is 6.07 Å². The molecule has 0 aliphatic rings. The molecule has 4 heteroatoms. The van der Waals surface area contributed by atoms with E-state index in [-0.39, 0.29) is 17.0 Å². The predicted octanol–water partition coefficient (Wildman–Crippen LogP) is 2.53. The summed E-state index contributed by atoms with van der Waals surface area (Å²) in [5, 5.41) is 8.67. The summed E-state index contributed by atoms with van der Waals surface area (Å²) in [6, 6.07) is 6.74. The molecule has 0 aliphatic heterocycles. The van der Waals surface area contributed by atoms with Crippen molar-refractivity contribution in [1.82, 2.24) is 0 Å². The molecule has 0 saturated heterocycles. The highest BCUT2D eigenvalue weighted by atomic mass is 79.9. The van der Waals surface area contributed by atoms with Gasteiger partial charge in [-0.1, -0.05) is 28.1 Å². The topological polar surface area (TPSA) is 57.9 Å². The van der Waals surface area contributed by atoms with E-state index in [4.69, 9.17) is 5.26 Å². The Morgan fingerprint density at radius 2 is 2.31 bits per heavy atom. The van der Waals surface area contributed by atoms with E-state index in [1.165, 1.54) is 0 Å². The normalized spacial score (nSPS) is 11.6. The van der Waals surface area contributed by atoms with Gasteiger partial charge in [-0.05, 0) is 18.6 Å². The van der Waals surface area contributed by atoms with Crippen molar-refractivity contribution in [2.45, 2.75) is 18.2 Å². The van der Waals surface area contributed by atoms with Gasteiger partial charge >= 0.3 is 0 Å². The molecular formula is C12H10BrNO2. The molecule has 3 nitrogen and oxygen atoms in total. The molecule has 0 saturated carbocycles. The van der Waals surface area contributed by atoms with E-state index >= 15 is 0 Å². The quantitative estimate of drug-likeness (QED) is 0.483. The van der Waals surface area contributed by atoms with Crippen molar-refractivity contribution in [2.24, 2.45) is 0 Å². The Bertz CT molecular complexity index is 461. The van der Waals surface area contributed by atoms with Gasteiger partial charge < -0.3 is 0 Å². The van der Waals surface area contributed by atoms with E-state index in [9.17, 15) is 9.59 Å². The number of benzene rings is 1. The van der Waals surface area contributed by atoms with Crippen LogP contribution in [-0.4, -0.2) is 16.9 Å². The third-order valence-corrected chi connectivity index (χ3v) is 2.58. The van der Waals surface area contributed by atoms with Crippen LogP contribution in [0.1, 0.15) is 33.2 Å². The number of carbonyl (C=O) groups excluding carboxylic acids is 2.